The Morgan fingerprint density at radius 1 is 1.00 bits per heavy atom. The van der Waals surface area contributed by atoms with Gasteiger partial charge in [0.15, 0.2) is 5.05 Å². The highest BCUT2D eigenvalue weighted by Crippen LogP contribution is 2.32. The maximum absolute atomic E-state index is 13.4. The van der Waals surface area contributed by atoms with Gasteiger partial charge < -0.3 is 4.74 Å². The summed E-state index contributed by atoms with van der Waals surface area (Å²) >= 11 is 5.19. The molecule has 0 spiro atoms. The van der Waals surface area contributed by atoms with Crippen LogP contribution in [-0.4, -0.2) is 5.05 Å². The van der Waals surface area contributed by atoms with Crippen LogP contribution in [0.2, 0.25) is 0 Å². The van der Waals surface area contributed by atoms with Crippen molar-refractivity contribution >= 4 is 17.3 Å². The second kappa shape index (κ2) is 3.93. The third-order valence-corrected chi connectivity index (χ3v) is 3.21. The molecule has 0 radical (unpaired) electrons. The molecule has 1 aliphatic rings. The monoisotopic (exact) mass is 244 g/mol. The molecule has 84 valence electrons. The third kappa shape index (κ3) is 1.72. The van der Waals surface area contributed by atoms with Crippen LogP contribution in [0.4, 0.5) is 4.39 Å². The Labute approximate surface area is 104 Å². The Bertz CT molecular complexity index is 607. The number of fused-ring (bicyclic) bond motifs is 3. The standard InChI is InChI=1S/C14H9FOS/c15-10-5-6-12-13(7-10)11-4-2-1-3-9(11)8-16-14(12)17/h1-7H,8H2. The summed E-state index contributed by atoms with van der Waals surface area (Å²) < 4.78 is 18.9. The van der Waals surface area contributed by atoms with Crippen LogP contribution in [-0.2, 0) is 11.3 Å². The maximum atomic E-state index is 13.4. The average molecular weight is 244 g/mol. The van der Waals surface area contributed by atoms with Gasteiger partial charge in [0.1, 0.15) is 12.4 Å². The second-order valence-electron chi connectivity index (χ2n) is 3.92. The van der Waals surface area contributed by atoms with Gasteiger partial charge in [0.25, 0.3) is 0 Å². The van der Waals surface area contributed by atoms with Gasteiger partial charge in [-0.15, -0.1) is 0 Å². The van der Waals surface area contributed by atoms with E-state index >= 15 is 0 Å². The molecule has 1 aliphatic heterocycles. The van der Waals surface area contributed by atoms with E-state index in [4.69, 9.17) is 17.0 Å². The topological polar surface area (TPSA) is 9.23 Å². The number of hydrogen-bond acceptors (Lipinski definition) is 2. The second-order valence-corrected chi connectivity index (χ2v) is 4.29. The first-order valence-electron chi connectivity index (χ1n) is 5.30. The lowest BCUT2D eigenvalue weighted by atomic mass is 9.97. The highest BCUT2D eigenvalue weighted by atomic mass is 32.1. The van der Waals surface area contributed by atoms with Crippen LogP contribution in [0.15, 0.2) is 42.5 Å². The van der Waals surface area contributed by atoms with Crippen LogP contribution in [0.1, 0.15) is 11.1 Å². The van der Waals surface area contributed by atoms with Gasteiger partial charge in [-0.1, -0.05) is 24.3 Å². The van der Waals surface area contributed by atoms with Gasteiger partial charge in [0.05, 0.1) is 0 Å². The molecular weight excluding hydrogens is 235 g/mol. The molecule has 0 fully saturated rings. The summed E-state index contributed by atoms with van der Waals surface area (Å²) in [7, 11) is 0. The summed E-state index contributed by atoms with van der Waals surface area (Å²) in [5.74, 6) is -0.261. The van der Waals surface area contributed by atoms with Crippen molar-refractivity contribution in [1.29, 1.82) is 0 Å². The van der Waals surface area contributed by atoms with Crippen molar-refractivity contribution in [3.8, 4) is 11.1 Å². The minimum Gasteiger partial charge on any atom is -0.478 e. The van der Waals surface area contributed by atoms with Gasteiger partial charge in [0, 0.05) is 5.56 Å². The molecule has 0 unspecified atom stereocenters. The van der Waals surface area contributed by atoms with Crippen molar-refractivity contribution in [2.24, 2.45) is 0 Å². The van der Waals surface area contributed by atoms with E-state index in [2.05, 4.69) is 0 Å². The average Bonchev–Trinajstić information content (AvgIpc) is 2.48. The molecule has 0 aliphatic carbocycles. The molecule has 3 rings (SSSR count). The summed E-state index contributed by atoms with van der Waals surface area (Å²) in [6.07, 6.45) is 0. The fourth-order valence-electron chi connectivity index (χ4n) is 2.05. The van der Waals surface area contributed by atoms with Crippen molar-refractivity contribution in [2.45, 2.75) is 6.61 Å². The Hall–Kier alpha value is -1.74. The Morgan fingerprint density at radius 2 is 1.82 bits per heavy atom. The molecule has 0 saturated carbocycles. The molecule has 0 aromatic heterocycles. The summed E-state index contributed by atoms with van der Waals surface area (Å²) in [4.78, 5) is 0. The first-order chi connectivity index (χ1) is 8.25. The number of ether oxygens (including phenoxy) is 1. The lowest BCUT2D eigenvalue weighted by Crippen LogP contribution is -2.01. The van der Waals surface area contributed by atoms with Crippen LogP contribution < -0.4 is 0 Å². The van der Waals surface area contributed by atoms with Gasteiger partial charge in [-0.2, -0.15) is 0 Å². The third-order valence-electron chi connectivity index (χ3n) is 2.87. The van der Waals surface area contributed by atoms with Crippen LogP contribution >= 0.6 is 12.2 Å². The molecule has 0 amide bonds. The smallest absolute Gasteiger partial charge is 0.192 e. The predicted molar refractivity (Wildman–Crippen MR) is 68.3 cm³/mol. The van der Waals surface area contributed by atoms with E-state index in [1.807, 2.05) is 24.3 Å². The van der Waals surface area contributed by atoms with E-state index in [1.165, 1.54) is 12.1 Å². The highest BCUT2D eigenvalue weighted by molar-refractivity contribution is 7.80. The molecule has 17 heavy (non-hydrogen) atoms. The Morgan fingerprint density at radius 3 is 2.71 bits per heavy atom. The molecule has 0 saturated heterocycles. The van der Waals surface area contributed by atoms with Gasteiger partial charge in [-0.3, -0.25) is 0 Å². The van der Waals surface area contributed by atoms with E-state index in [-0.39, 0.29) is 5.82 Å². The van der Waals surface area contributed by atoms with E-state index in [9.17, 15) is 4.39 Å². The van der Waals surface area contributed by atoms with Crippen LogP contribution in [0.25, 0.3) is 11.1 Å². The van der Waals surface area contributed by atoms with Crippen LogP contribution in [0, 0.1) is 5.82 Å². The van der Waals surface area contributed by atoms with Gasteiger partial charge in [-0.05, 0) is 47.1 Å². The minimum absolute atomic E-state index is 0.261. The fraction of sp³-hybridized carbons (Fsp3) is 0.0714. The van der Waals surface area contributed by atoms with Crippen LogP contribution in [0.5, 0.6) is 0 Å². The largest absolute Gasteiger partial charge is 0.478 e. The predicted octanol–water partition coefficient (Wildman–Crippen LogP) is 3.70. The summed E-state index contributed by atoms with van der Waals surface area (Å²) in [5, 5.41) is 0.427. The number of halogens is 1. The Balaban J connectivity index is 2.33. The summed E-state index contributed by atoms with van der Waals surface area (Å²) in [5.41, 5.74) is 3.61. The van der Waals surface area contributed by atoms with Gasteiger partial charge in [0.2, 0.25) is 0 Å². The SMILES string of the molecule is Fc1ccc2c(c1)-c1ccccc1COC2=S. The molecule has 0 atom stereocenters. The first kappa shape index (κ1) is 10.4. The molecule has 2 aromatic rings. The summed E-state index contributed by atoms with van der Waals surface area (Å²) in [6, 6.07) is 12.4. The Kier molecular flexibility index (Phi) is 2.41. The van der Waals surface area contributed by atoms with E-state index in [0.717, 1.165) is 22.3 Å². The van der Waals surface area contributed by atoms with Crippen molar-refractivity contribution in [3.05, 3.63) is 59.4 Å². The molecule has 2 aromatic carbocycles. The molecule has 1 nitrogen and oxygen atoms in total. The lowest BCUT2D eigenvalue weighted by molar-refractivity contribution is 0.304. The number of thiocarbonyl (C=S) groups is 1. The molecule has 1 heterocycles. The van der Waals surface area contributed by atoms with Crippen molar-refractivity contribution in [2.75, 3.05) is 0 Å². The zero-order valence-corrected chi connectivity index (χ0v) is 9.76. The maximum Gasteiger partial charge on any atom is 0.192 e. The van der Waals surface area contributed by atoms with Crippen molar-refractivity contribution in [1.82, 2.24) is 0 Å². The normalized spacial score (nSPS) is 13.4. The van der Waals surface area contributed by atoms with E-state index in [1.54, 1.807) is 6.07 Å². The molecule has 0 N–H and O–H groups in total. The van der Waals surface area contributed by atoms with Gasteiger partial charge in [-0.25, -0.2) is 4.39 Å². The summed E-state index contributed by atoms with van der Waals surface area (Å²) in [6.45, 7) is 0.436. The minimum atomic E-state index is -0.261. The zero-order chi connectivity index (χ0) is 11.8. The van der Waals surface area contributed by atoms with E-state index in [0.29, 0.717) is 11.7 Å². The zero-order valence-electron chi connectivity index (χ0n) is 8.94. The number of benzene rings is 2. The molecule has 0 bridgehead atoms. The number of hydrogen-bond donors (Lipinski definition) is 0. The van der Waals surface area contributed by atoms with Crippen molar-refractivity contribution in [3.63, 3.8) is 0 Å². The first-order valence-corrected chi connectivity index (χ1v) is 5.71. The highest BCUT2D eigenvalue weighted by Gasteiger charge is 2.18. The van der Waals surface area contributed by atoms with Crippen molar-refractivity contribution < 1.29 is 9.13 Å². The quantitative estimate of drug-likeness (QED) is 0.653. The molecular formula is C14H9FOS. The molecule has 3 heteroatoms. The number of rotatable bonds is 0. The lowest BCUT2D eigenvalue weighted by Gasteiger charge is -2.07. The van der Waals surface area contributed by atoms with E-state index < -0.39 is 0 Å². The van der Waals surface area contributed by atoms with Gasteiger partial charge >= 0.3 is 0 Å². The fourth-order valence-corrected chi connectivity index (χ4v) is 2.28. The van der Waals surface area contributed by atoms with Crippen LogP contribution in [0.3, 0.4) is 0 Å².